The first-order chi connectivity index (χ1) is 22.5. The molecule has 0 spiro atoms. The Hall–Kier alpha value is -4.54. The number of hydrogen-bond donors (Lipinski definition) is 0. The second-order valence-electron chi connectivity index (χ2n) is 13.4. The summed E-state index contributed by atoms with van der Waals surface area (Å²) in [6.45, 7) is 4.94. The van der Waals surface area contributed by atoms with Crippen LogP contribution in [0.25, 0.3) is 38.6 Å². The molecule has 4 heterocycles. The Morgan fingerprint density at radius 1 is 1.02 bits per heavy atom. The quantitative estimate of drug-likeness (QED) is 0.213. The third kappa shape index (κ3) is 5.70. The van der Waals surface area contributed by atoms with E-state index in [0.717, 1.165) is 58.2 Å². The van der Waals surface area contributed by atoms with Crippen LogP contribution < -0.4 is 0 Å². The molecule has 47 heavy (non-hydrogen) atoms. The molecule has 2 aromatic carbocycles. The molecule has 1 aliphatic heterocycles. The molecule has 0 saturated carbocycles. The van der Waals surface area contributed by atoms with Crippen molar-refractivity contribution in [3.05, 3.63) is 103 Å². The van der Waals surface area contributed by atoms with Crippen molar-refractivity contribution in [2.24, 2.45) is 5.92 Å². The smallest absolute Gasteiger partial charge is 0.253 e. The second-order valence-corrected chi connectivity index (χ2v) is 15.7. The Balaban J connectivity index is 1.21. The molecule has 2 aliphatic rings. The third-order valence-electron chi connectivity index (χ3n) is 9.68. The van der Waals surface area contributed by atoms with E-state index in [9.17, 15) is 13.2 Å². The van der Waals surface area contributed by atoms with Crippen molar-refractivity contribution < 1.29 is 13.2 Å². The van der Waals surface area contributed by atoms with Gasteiger partial charge in [0.25, 0.3) is 5.91 Å². The van der Waals surface area contributed by atoms with Crippen molar-refractivity contribution in [1.29, 1.82) is 0 Å². The van der Waals surface area contributed by atoms with Gasteiger partial charge in [0.15, 0.2) is 5.65 Å². The average Bonchev–Trinajstić information content (AvgIpc) is 3.67. The molecule has 1 amide bonds. The Labute approximate surface area is 275 Å². The lowest BCUT2D eigenvalue weighted by molar-refractivity contribution is 0.0827. The van der Waals surface area contributed by atoms with Crippen molar-refractivity contribution in [2.45, 2.75) is 37.5 Å². The SMILES string of the molecule is CN1CCC(Cn2cc3cc(C4=CC(C)(S(=O)(=O)n5cc(-c6ccc(C(=O)N(C)C)cc6)c6cccnc65)CC=C4)ccc3n2)CC1. The van der Waals surface area contributed by atoms with Crippen LogP contribution in [0.3, 0.4) is 0 Å². The van der Waals surface area contributed by atoms with Gasteiger partial charge in [-0.05, 0) is 105 Å². The highest BCUT2D eigenvalue weighted by molar-refractivity contribution is 7.91. The Morgan fingerprint density at radius 3 is 2.51 bits per heavy atom. The van der Waals surface area contributed by atoms with Crippen LogP contribution in [0.15, 0.2) is 91.4 Å². The van der Waals surface area contributed by atoms with Crippen molar-refractivity contribution in [3.8, 4) is 11.1 Å². The molecule has 7 rings (SSSR count). The van der Waals surface area contributed by atoms with E-state index in [2.05, 4.69) is 33.9 Å². The summed E-state index contributed by atoms with van der Waals surface area (Å²) in [5, 5.41) is 6.61. The predicted molar refractivity (Wildman–Crippen MR) is 188 cm³/mol. The number of hydrogen-bond acceptors (Lipinski definition) is 6. The summed E-state index contributed by atoms with van der Waals surface area (Å²) in [4.78, 5) is 20.9. The zero-order valence-corrected chi connectivity index (χ0v) is 28.1. The van der Waals surface area contributed by atoms with Crippen LogP contribution in [-0.4, -0.2) is 81.8 Å². The van der Waals surface area contributed by atoms with Crippen molar-refractivity contribution in [2.75, 3.05) is 34.2 Å². The third-order valence-corrected chi connectivity index (χ3v) is 11.9. The van der Waals surface area contributed by atoms with Crippen LogP contribution in [0, 0.1) is 5.92 Å². The van der Waals surface area contributed by atoms with E-state index in [4.69, 9.17) is 5.10 Å². The maximum Gasteiger partial charge on any atom is 0.253 e. The minimum atomic E-state index is -3.96. The predicted octanol–water partition coefficient (Wildman–Crippen LogP) is 6.08. The summed E-state index contributed by atoms with van der Waals surface area (Å²) in [6, 6.07) is 17.1. The number of likely N-dealkylation sites (tertiary alicyclic amines) is 1. The van der Waals surface area contributed by atoms with E-state index in [-0.39, 0.29) is 5.91 Å². The van der Waals surface area contributed by atoms with Gasteiger partial charge in [0, 0.05) is 61.1 Å². The van der Waals surface area contributed by atoms with Crippen molar-refractivity contribution in [3.63, 3.8) is 0 Å². The number of carbonyl (C=O) groups excluding carboxylic acids is 1. The average molecular weight is 649 g/mol. The van der Waals surface area contributed by atoms with Gasteiger partial charge in [-0.25, -0.2) is 17.4 Å². The number of fused-ring (bicyclic) bond motifs is 2. The van der Waals surface area contributed by atoms with Crippen molar-refractivity contribution >= 4 is 43.4 Å². The van der Waals surface area contributed by atoms with Crippen LogP contribution in [0.2, 0.25) is 0 Å². The molecule has 1 fully saturated rings. The lowest BCUT2D eigenvalue weighted by Gasteiger charge is -2.29. The van der Waals surface area contributed by atoms with Crippen LogP contribution in [-0.2, 0) is 16.6 Å². The zero-order chi connectivity index (χ0) is 32.9. The molecule has 3 aromatic heterocycles. The van der Waals surface area contributed by atoms with Gasteiger partial charge in [-0.3, -0.25) is 9.48 Å². The maximum atomic E-state index is 14.6. The fourth-order valence-electron chi connectivity index (χ4n) is 6.79. The van der Waals surface area contributed by atoms with Crippen LogP contribution in [0.4, 0.5) is 0 Å². The molecule has 0 bridgehead atoms. The molecule has 10 heteroatoms. The topological polar surface area (TPSA) is 93.3 Å². The summed E-state index contributed by atoms with van der Waals surface area (Å²) in [6.07, 6.45) is 13.9. The normalized spacial score (nSPS) is 19.4. The maximum absolute atomic E-state index is 14.6. The first-order valence-corrected chi connectivity index (χ1v) is 17.6. The van der Waals surface area contributed by atoms with E-state index >= 15 is 0 Å². The van der Waals surface area contributed by atoms with E-state index in [1.807, 2.05) is 54.6 Å². The minimum Gasteiger partial charge on any atom is -0.345 e. The highest BCUT2D eigenvalue weighted by atomic mass is 32.2. The molecule has 1 saturated heterocycles. The number of nitrogens with zero attached hydrogens (tertiary/aromatic N) is 6. The highest BCUT2D eigenvalue weighted by Gasteiger charge is 2.40. The molecule has 9 nitrogen and oxygen atoms in total. The molecule has 1 aliphatic carbocycles. The van der Waals surface area contributed by atoms with Gasteiger partial charge in [-0.1, -0.05) is 36.4 Å². The molecule has 1 atom stereocenters. The number of allylic oxidation sites excluding steroid dienone is 3. The number of benzene rings is 2. The number of carbonyl (C=O) groups is 1. The van der Waals surface area contributed by atoms with E-state index in [1.165, 1.54) is 21.7 Å². The van der Waals surface area contributed by atoms with E-state index in [1.54, 1.807) is 45.5 Å². The van der Waals surface area contributed by atoms with Gasteiger partial charge in [-0.15, -0.1) is 0 Å². The minimum absolute atomic E-state index is 0.0928. The summed E-state index contributed by atoms with van der Waals surface area (Å²) >= 11 is 0. The first-order valence-electron chi connectivity index (χ1n) is 16.1. The van der Waals surface area contributed by atoms with Gasteiger partial charge in [0.05, 0.1) is 5.52 Å². The molecule has 5 aromatic rings. The molecule has 0 N–H and O–H groups in total. The lowest BCUT2D eigenvalue weighted by Crippen LogP contribution is -2.38. The first kappa shape index (κ1) is 31.1. The van der Waals surface area contributed by atoms with Gasteiger partial charge in [0.2, 0.25) is 10.0 Å². The van der Waals surface area contributed by atoms with Crippen LogP contribution >= 0.6 is 0 Å². The number of piperidine rings is 1. The summed E-state index contributed by atoms with van der Waals surface area (Å²) < 4.78 is 31.3. The molecular formula is C37H40N6O3S. The summed E-state index contributed by atoms with van der Waals surface area (Å²) in [7, 11) is 1.64. The van der Waals surface area contributed by atoms with E-state index in [0.29, 0.717) is 23.5 Å². The second kappa shape index (κ2) is 11.9. The van der Waals surface area contributed by atoms with Crippen LogP contribution in [0.1, 0.15) is 42.1 Å². The number of amides is 1. The molecular weight excluding hydrogens is 609 g/mol. The fraction of sp³-hybridized carbons (Fsp3) is 0.324. The Bertz CT molecular complexity index is 2150. The van der Waals surface area contributed by atoms with Crippen molar-refractivity contribution in [1.82, 2.24) is 28.5 Å². The summed E-state index contributed by atoms with van der Waals surface area (Å²) in [5.74, 6) is 0.533. The van der Waals surface area contributed by atoms with Gasteiger partial charge >= 0.3 is 0 Å². The Morgan fingerprint density at radius 2 is 1.77 bits per heavy atom. The summed E-state index contributed by atoms with van der Waals surface area (Å²) in [5.41, 5.74) is 5.24. The Kier molecular flexibility index (Phi) is 7.88. The number of aromatic nitrogens is 4. The standard InChI is InChI=1S/C37H40N6O3S/c1-37(17-5-7-30(22-37)29-13-14-34-31(21-29)24-42(39-34)23-26-15-19-41(4)20-16-26)47(45,46)43-25-33(32-8-6-18-38-35(32)43)27-9-11-28(12-10-27)36(44)40(2)3/h5-14,18,21-22,24-26H,15-17,19-20,23H2,1-4H3. The fourth-order valence-corrected chi connectivity index (χ4v) is 8.44. The van der Waals surface area contributed by atoms with Gasteiger partial charge in [-0.2, -0.15) is 5.10 Å². The van der Waals surface area contributed by atoms with E-state index < -0.39 is 14.8 Å². The van der Waals surface area contributed by atoms with Crippen LogP contribution in [0.5, 0.6) is 0 Å². The number of rotatable bonds is 7. The molecule has 1 unspecified atom stereocenters. The monoisotopic (exact) mass is 648 g/mol. The van der Waals surface area contributed by atoms with Gasteiger partial charge < -0.3 is 9.80 Å². The molecule has 0 radical (unpaired) electrons. The number of pyridine rings is 1. The molecule has 242 valence electrons. The van der Waals surface area contributed by atoms with Gasteiger partial charge in [0.1, 0.15) is 4.75 Å². The highest BCUT2D eigenvalue weighted by Crippen LogP contribution is 2.38. The lowest BCUT2D eigenvalue weighted by atomic mass is 9.92. The zero-order valence-electron chi connectivity index (χ0n) is 27.3. The largest absolute Gasteiger partial charge is 0.345 e.